The molecule has 0 saturated heterocycles. The molecule has 0 fully saturated rings. The Balaban J connectivity index is 1.89. The largest absolute Gasteiger partial charge is 0.492 e. The molecule has 0 spiro atoms. The van der Waals surface area contributed by atoms with Gasteiger partial charge in [0.25, 0.3) is 0 Å². The first-order valence-electron chi connectivity index (χ1n) is 6.21. The van der Waals surface area contributed by atoms with Gasteiger partial charge in [-0.1, -0.05) is 31.9 Å². The molecular weight excluding hydrogens is 402 g/mol. The van der Waals surface area contributed by atoms with Crippen molar-refractivity contribution in [3.63, 3.8) is 0 Å². The fourth-order valence-corrected chi connectivity index (χ4v) is 2.36. The molecule has 0 aromatic heterocycles. The monoisotopic (exact) mass is 413 g/mol. The average Bonchev–Trinajstić information content (AvgIpc) is 2.46. The van der Waals surface area contributed by atoms with Crippen molar-refractivity contribution < 1.29 is 14.6 Å². The molecule has 21 heavy (non-hydrogen) atoms. The standard InChI is InChI=1S/C15H13Br2NO3/c16-10-1-4-12(5-2-10)21-8-7-18-14-6-3-11(17)9-13(14)15(19)20/h1-6,9,18H,7-8H2,(H,19,20). The van der Waals surface area contributed by atoms with E-state index in [1.54, 1.807) is 18.2 Å². The summed E-state index contributed by atoms with van der Waals surface area (Å²) in [7, 11) is 0. The number of benzene rings is 2. The van der Waals surface area contributed by atoms with Crippen LogP contribution in [0.4, 0.5) is 5.69 Å². The molecule has 0 unspecified atom stereocenters. The van der Waals surface area contributed by atoms with E-state index >= 15 is 0 Å². The van der Waals surface area contributed by atoms with E-state index in [0.29, 0.717) is 18.8 Å². The minimum absolute atomic E-state index is 0.230. The van der Waals surface area contributed by atoms with Crippen molar-refractivity contribution in [1.82, 2.24) is 0 Å². The van der Waals surface area contributed by atoms with Crippen molar-refractivity contribution in [3.05, 3.63) is 57.0 Å². The maximum atomic E-state index is 11.2. The van der Waals surface area contributed by atoms with E-state index in [9.17, 15) is 4.79 Å². The highest BCUT2D eigenvalue weighted by molar-refractivity contribution is 9.10. The van der Waals surface area contributed by atoms with Gasteiger partial charge in [0.05, 0.1) is 5.56 Å². The third-order valence-electron chi connectivity index (χ3n) is 2.71. The second-order valence-electron chi connectivity index (χ2n) is 4.22. The van der Waals surface area contributed by atoms with E-state index in [1.807, 2.05) is 24.3 Å². The van der Waals surface area contributed by atoms with Crippen LogP contribution < -0.4 is 10.1 Å². The van der Waals surface area contributed by atoms with Gasteiger partial charge < -0.3 is 15.2 Å². The zero-order valence-corrected chi connectivity index (χ0v) is 14.1. The van der Waals surface area contributed by atoms with E-state index in [1.165, 1.54) is 0 Å². The van der Waals surface area contributed by atoms with Gasteiger partial charge in [0.2, 0.25) is 0 Å². The number of anilines is 1. The molecule has 0 aliphatic heterocycles. The van der Waals surface area contributed by atoms with Crippen LogP contribution in [0.1, 0.15) is 10.4 Å². The number of rotatable bonds is 6. The molecule has 2 aromatic carbocycles. The molecule has 2 rings (SSSR count). The van der Waals surface area contributed by atoms with Gasteiger partial charge >= 0.3 is 5.97 Å². The number of ether oxygens (including phenoxy) is 1. The summed E-state index contributed by atoms with van der Waals surface area (Å²) in [6.07, 6.45) is 0. The van der Waals surface area contributed by atoms with Crippen LogP contribution in [0.15, 0.2) is 51.4 Å². The maximum Gasteiger partial charge on any atom is 0.337 e. The fourth-order valence-electron chi connectivity index (χ4n) is 1.73. The van der Waals surface area contributed by atoms with Crippen LogP contribution in [0, 0.1) is 0 Å². The van der Waals surface area contributed by atoms with Crippen LogP contribution in [0.3, 0.4) is 0 Å². The van der Waals surface area contributed by atoms with Crippen molar-refractivity contribution >= 4 is 43.5 Å². The van der Waals surface area contributed by atoms with Gasteiger partial charge in [-0.05, 0) is 42.5 Å². The Morgan fingerprint density at radius 3 is 2.43 bits per heavy atom. The van der Waals surface area contributed by atoms with Gasteiger partial charge in [-0.15, -0.1) is 0 Å². The van der Waals surface area contributed by atoms with Crippen LogP contribution in [0.25, 0.3) is 0 Å². The Kier molecular flexibility index (Phi) is 5.64. The molecule has 0 aliphatic carbocycles. The Morgan fingerprint density at radius 1 is 1.10 bits per heavy atom. The van der Waals surface area contributed by atoms with Gasteiger partial charge in [-0.2, -0.15) is 0 Å². The summed E-state index contributed by atoms with van der Waals surface area (Å²) in [4.78, 5) is 11.2. The topological polar surface area (TPSA) is 58.6 Å². The molecule has 2 aromatic rings. The first-order valence-corrected chi connectivity index (χ1v) is 7.80. The smallest absolute Gasteiger partial charge is 0.337 e. The highest BCUT2D eigenvalue weighted by atomic mass is 79.9. The lowest BCUT2D eigenvalue weighted by atomic mass is 10.2. The first-order chi connectivity index (χ1) is 10.1. The number of hydrogen-bond acceptors (Lipinski definition) is 3. The molecule has 4 nitrogen and oxygen atoms in total. The summed E-state index contributed by atoms with van der Waals surface area (Å²) in [6, 6.07) is 12.6. The van der Waals surface area contributed by atoms with Gasteiger partial charge in [-0.3, -0.25) is 0 Å². The van der Waals surface area contributed by atoms with Crippen molar-refractivity contribution in [2.75, 3.05) is 18.5 Å². The zero-order chi connectivity index (χ0) is 15.2. The molecular formula is C15H13Br2NO3. The van der Waals surface area contributed by atoms with Crippen LogP contribution in [0.5, 0.6) is 5.75 Å². The Labute approximate surface area is 139 Å². The second-order valence-corrected chi connectivity index (χ2v) is 6.06. The fraction of sp³-hybridized carbons (Fsp3) is 0.133. The van der Waals surface area contributed by atoms with E-state index in [4.69, 9.17) is 9.84 Å². The normalized spacial score (nSPS) is 10.2. The highest BCUT2D eigenvalue weighted by Crippen LogP contribution is 2.21. The van der Waals surface area contributed by atoms with Crippen LogP contribution in [-0.4, -0.2) is 24.2 Å². The lowest BCUT2D eigenvalue weighted by Gasteiger charge is -2.11. The van der Waals surface area contributed by atoms with Gasteiger partial charge in [0, 0.05) is 21.2 Å². The molecule has 0 heterocycles. The van der Waals surface area contributed by atoms with E-state index in [2.05, 4.69) is 37.2 Å². The molecule has 6 heteroatoms. The number of aromatic carboxylic acids is 1. The number of carboxylic acids is 1. The SMILES string of the molecule is O=C(O)c1cc(Br)ccc1NCCOc1ccc(Br)cc1. The van der Waals surface area contributed by atoms with Crippen molar-refractivity contribution in [1.29, 1.82) is 0 Å². The lowest BCUT2D eigenvalue weighted by molar-refractivity contribution is 0.0698. The first kappa shape index (κ1) is 15.9. The van der Waals surface area contributed by atoms with Crippen LogP contribution in [0.2, 0.25) is 0 Å². The molecule has 2 N–H and O–H groups in total. The van der Waals surface area contributed by atoms with Crippen molar-refractivity contribution in [2.24, 2.45) is 0 Å². The number of halogens is 2. The Morgan fingerprint density at radius 2 is 1.76 bits per heavy atom. The average molecular weight is 415 g/mol. The summed E-state index contributed by atoms with van der Waals surface area (Å²) in [5.74, 6) is -0.193. The Bertz CT molecular complexity index is 629. The number of hydrogen-bond donors (Lipinski definition) is 2. The molecule has 0 aliphatic rings. The third kappa shape index (κ3) is 4.75. The molecule has 0 amide bonds. The summed E-state index contributed by atoms with van der Waals surface area (Å²) >= 11 is 6.62. The molecule has 110 valence electrons. The summed E-state index contributed by atoms with van der Waals surface area (Å²) in [5, 5.41) is 12.2. The van der Waals surface area contributed by atoms with E-state index in [-0.39, 0.29) is 5.56 Å². The predicted octanol–water partition coefficient (Wildman–Crippen LogP) is 4.40. The van der Waals surface area contributed by atoms with E-state index in [0.717, 1.165) is 14.7 Å². The lowest BCUT2D eigenvalue weighted by Crippen LogP contribution is -2.14. The number of carboxylic acid groups (broad SMARTS) is 1. The summed E-state index contributed by atoms with van der Waals surface area (Å²) < 4.78 is 7.29. The third-order valence-corrected chi connectivity index (χ3v) is 3.73. The molecule has 0 atom stereocenters. The second kappa shape index (κ2) is 7.47. The quantitative estimate of drug-likeness (QED) is 0.687. The Hall–Kier alpha value is -1.53. The maximum absolute atomic E-state index is 11.2. The number of carbonyl (C=O) groups is 1. The van der Waals surface area contributed by atoms with Gasteiger partial charge in [0.1, 0.15) is 12.4 Å². The minimum Gasteiger partial charge on any atom is -0.492 e. The molecule has 0 saturated carbocycles. The van der Waals surface area contributed by atoms with Crippen LogP contribution in [-0.2, 0) is 0 Å². The summed E-state index contributed by atoms with van der Waals surface area (Å²) in [5.41, 5.74) is 0.804. The molecule has 0 bridgehead atoms. The van der Waals surface area contributed by atoms with Crippen molar-refractivity contribution in [3.8, 4) is 5.75 Å². The minimum atomic E-state index is -0.965. The van der Waals surface area contributed by atoms with Crippen molar-refractivity contribution in [2.45, 2.75) is 0 Å². The van der Waals surface area contributed by atoms with Crippen LogP contribution >= 0.6 is 31.9 Å². The number of nitrogens with one attached hydrogen (secondary N) is 1. The highest BCUT2D eigenvalue weighted by Gasteiger charge is 2.10. The van der Waals surface area contributed by atoms with Gasteiger partial charge in [-0.25, -0.2) is 4.79 Å². The summed E-state index contributed by atoms with van der Waals surface area (Å²) in [6.45, 7) is 0.953. The predicted molar refractivity (Wildman–Crippen MR) is 89.2 cm³/mol. The van der Waals surface area contributed by atoms with E-state index < -0.39 is 5.97 Å². The molecule has 0 radical (unpaired) electrons. The zero-order valence-electron chi connectivity index (χ0n) is 11.0. The van der Waals surface area contributed by atoms with Gasteiger partial charge in [0.15, 0.2) is 0 Å².